The van der Waals surface area contributed by atoms with Gasteiger partial charge in [-0.05, 0) is 72.7 Å². The van der Waals surface area contributed by atoms with Crippen molar-refractivity contribution in [2.75, 3.05) is 11.9 Å². The van der Waals surface area contributed by atoms with Gasteiger partial charge in [0.25, 0.3) is 0 Å². The van der Waals surface area contributed by atoms with Gasteiger partial charge in [-0.15, -0.1) is 0 Å². The number of aromatic carboxylic acids is 1. The van der Waals surface area contributed by atoms with Gasteiger partial charge in [-0.2, -0.15) is 0 Å². The number of hydrogen-bond acceptors (Lipinski definition) is 4. The fourth-order valence-corrected chi connectivity index (χ4v) is 5.34. The molecule has 0 spiro atoms. The Morgan fingerprint density at radius 2 is 1.87 bits per heavy atom. The molecule has 0 bridgehead atoms. The second kappa shape index (κ2) is 11.5. The van der Waals surface area contributed by atoms with Crippen LogP contribution in [0.15, 0.2) is 91.3 Å². The van der Waals surface area contributed by atoms with Gasteiger partial charge in [0, 0.05) is 42.4 Å². The number of carboxylic acid groups (broad SMARTS) is 1. The van der Waals surface area contributed by atoms with Crippen molar-refractivity contribution < 1.29 is 14.7 Å². The highest BCUT2D eigenvalue weighted by atomic mass is 32.1. The average molecular weight is 540 g/mol. The van der Waals surface area contributed by atoms with E-state index >= 15 is 0 Å². The molecular weight excluding hydrogens is 510 g/mol. The summed E-state index contributed by atoms with van der Waals surface area (Å²) in [5, 5.41) is 16.5. The number of pyridine rings is 1. The molecule has 1 saturated heterocycles. The maximum absolute atomic E-state index is 13.0. The normalized spacial score (nSPS) is 16.6. The molecule has 198 valence electrons. The molecule has 2 atom stereocenters. The van der Waals surface area contributed by atoms with E-state index in [1.807, 2.05) is 76.3 Å². The molecule has 0 radical (unpaired) electrons. The van der Waals surface area contributed by atoms with Gasteiger partial charge < -0.3 is 25.2 Å². The zero-order valence-electron chi connectivity index (χ0n) is 21.4. The van der Waals surface area contributed by atoms with Crippen LogP contribution >= 0.6 is 12.2 Å². The number of amides is 1. The lowest BCUT2D eigenvalue weighted by molar-refractivity contribution is -0.116. The van der Waals surface area contributed by atoms with Gasteiger partial charge in [-0.3, -0.25) is 9.78 Å². The van der Waals surface area contributed by atoms with Crippen LogP contribution < -0.4 is 10.6 Å². The summed E-state index contributed by atoms with van der Waals surface area (Å²) < 4.78 is 1.97. The topological polar surface area (TPSA) is 99.5 Å². The Morgan fingerprint density at radius 3 is 2.64 bits per heavy atom. The third-order valence-electron chi connectivity index (χ3n) is 6.90. The summed E-state index contributed by atoms with van der Waals surface area (Å²) in [5.74, 6) is -1.08. The Kier molecular flexibility index (Phi) is 7.69. The van der Waals surface area contributed by atoms with E-state index in [1.165, 1.54) is 0 Å². The number of nitrogens with one attached hydrogen (secondary N) is 2. The molecule has 2 aromatic heterocycles. The predicted octanol–water partition coefficient (Wildman–Crippen LogP) is 5.13. The zero-order valence-corrected chi connectivity index (χ0v) is 22.3. The summed E-state index contributed by atoms with van der Waals surface area (Å²) in [6.07, 6.45) is 4.71. The lowest BCUT2D eigenvalue weighted by Crippen LogP contribution is -2.33. The number of carbonyl (C=O) groups is 2. The summed E-state index contributed by atoms with van der Waals surface area (Å²) in [6, 6.07) is 23.7. The van der Waals surface area contributed by atoms with Crippen LogP contribution in [0.4, 0.5) is 5.69 Å². The molecule has 1 fully saturated rings. The Bertz CT molecular complexity index is 1500. The molecule has 2 aromatic carbocycles. The van der Waals surface area contributed by atoms with Crippen LogP contribution in [0.25, 0.3) is 5.69 Å². The molecule has 9 heteroatoms. The van der Waals surface area contributed by atoms with Crippen LogP contribution in [0.3, 0.4) is 0 Å². The average Bonchev–Trinajstić information content (AvgIpc) is 3.57. The number of rotatable bonds is 9. The van der Waals surface area contributed by atoms with E-state index in [9.17, 15) is 14.7 Å². The van der Waals surface area contributed by atoms with E-state index in [2.05, 4.69) is 22.5 Å². The van der Waals surface area contributed by atoms with Crippen LogP contribution in [0, 0.1) is 0 Å². The molecule has 4 aromatic rings. The molecular formula is C30H29N5O3S. The summed E-state index contributed by atoms with van der Waals surface area (Å²) in [7, 11) is 0. The second-order valence-electron chi connectivity index (χ2n) is 9.29. The van der Waals surface area contributed by atoms with E-state index in [-0.39, 0.29) is 30.0 Å². The van der Waals surface area contributed by atoms with Crippen LogP contribution in [0.2, 0.25) is 0 Å². The van der Waals surface area contributed by atoms with Gasteiger partial charge in [0.2, 0.25) is 5.91 Å². The van der Waals surface area contributed by atoms with E-state index in [4.69, 9.17) is 12.2 Å². The molecule has 0 unspecified atom stereocenters. The second-order valence-corrected chi connectivity index (χ2v) is 9.67. The van der Waals surface area contributed by atoms with Crippen molar-refractivity contribution in [2.45, 2.75) is 31.8 Å². The zero-order chi connectivity index (χ0) is 27.4. The first-order chi connectivity index (χ1) is 19.0. The SMILES string of the molecule is CCc1ccccc1NC(=O)CCN1C(=S)N[C@@H](c2ccccn2)[C@@H]1c1cccn1-c1cccc(C(=O)O)c1. The van der Waals surface area contributed by atoms with Gasteiger partial charge in [0.15, 0.2) is 5.11 Å². The highest BCUT2D eigenvalue weighted by Gasteiger charge is 2.41. The van der Waals surface area contributed by atoms with Crippen molar-refractivity contribution in [2.24, 2.45) is 0 Å². The molecule has 8 nitrogen and oxygen atoms in total. The van der Waals surface area contributed by atoms with Crippen molar-refractivity contribution in [3.8, 4) is 5.69 Å². The Hall–Kier alpha value is -4.50. The lowest BCUT2D eigenvalue weighted by Gasteiger charge is -2.29. The van der Waals surface area contributed by atoms with Crippen molar-refractivity contribution in [3.63, 3.8) is 0 Å². The largest absolute Gasteiger partial charge is 0.478 e. The van der Waals surface area contributed by atoms with E-state index in [1.54, 1.807) is 24.4 Å². The molecule has 0 saturated carbocycles. The fourth-order valence-electron chi connectivity index (χ4n) is 5.01. The maximum Gasteiger partial charge on any atom is 0.335 e. The standard InChI is InChI=1S/C30H29N5O3S/c1-2-20-9-3-4-12-23(20)32-26(36)15-18-35-28(27(33-30(35)39)24-13-5-6-16-31-24)25-14-8-17-34(25)22-11-7-10-21(19-22)29(37)38/h3-14,16-17,19,27-28H,2,15,18H2,1H3,(H,32,36)(H,33,39)(H,37,38)/t27-,28-/m0/s1. The minimum atomic E-state index is -0.988. The van der Waals surface area contributed by atoms with Crippen LogP contribution in [-0.2, 0) is 11.2 Å². The number of anilines is 1. The summed E-state index contributed by atoms with van der Waals surface area (Å²) in [5.41, 5.74) is 4.55. The van der Waals surface area contributed by atoms with Gasteiger partial charge in [-0.25, -0.2) is 4.79 Å². The highest BCUT2D eigenvalue weighted by Crippen LogP contribution is 2.39. The first-order valence-corrected chi connectivity index (χ1v) is 13.2. The number of thiocarbonyl (C=S) groups is 1. The first-order valence-electron chi connectivity index (χ1n) is 12.8. The number of carbonyl (C=O) groups excluding carboxylic acids is 1. The Labute approximate surface area is 232 Å². The first kappa shape index (κ1) is 26.1. The summed E-state index contributed by atoms with van der Waals surface area (Å²) in [6.45, 7) is 2.45. The quantitative estimate of drug-likeness (QED) is 0.254. The molecule has 3 N–H and O–H groups in total. The number of hydrogen-bond donors (Lipinski definition) is 3. The van der Waals surface area contributed by atoms with Gasteiger partial charge >= 0.3 is 5.97 Å². The van der Waals surface area contributed by atoms with Crippen LogP contribution in [0.5, 0.6) is 0 Å². The summed E-state index contributed by atoms with van der Waals surface area (Å²) in [4.78, 5) is 31.2. The number of nitrogens with zero attached hydrogens (tertiary/aromatic N) is 3. The van der Waals surface area contributed by atoms with E-state index < -0.39 is 5.97 Å². The maximum atomic E-state index is 13.0. The number of carboxylic acids is 1. The predicted molar refractivity (Wildman–Crippen MR) is 154 cm³/mol. The summed E-state index contributed by atoms with van der Waals surface area (Å²) >= 11 is 5.77. The molecule has 1 aliphatic rings. The lowest BCUT2D eigenvalue weighted by atomic mass is 10.0. The van der Waals surface area contributed by atoms with Crippen molar-refractivity contribution in [1.82, 2.24) is 19.8 Å². The van der Waals surface area contributed by atoms with Gasteiger partial charge in [0.1, 0.15) is 0 Å². The minimum Gasteiger partial charge on any atom is -0.478 e. The number of aryl methyl sites for hydroxylation is 1. The molecule has 0 aliphatic carbocycles. The number of para-hydroxylation sites is 1. The molecule has 5 rings (SSSR count). The Balaban J connectivity index is 1.46. The van der Waals surface area contributed by atoms with Gasteiger partial charge in [-0.1, -0.05) is 37.3 Å². The van der Waals surface area contributed by atoms with Crippen LogP contribution in [0.1, 0.15) is 52.7 Å². The molecule has 1 amide bonds. The third kappa shape index (κ3) is 5.53. The minimum absolute atomic E-state index is 0.0942. The number of benzene rings is 2. The van der Waals surface area contributed by atoms with Crippen LogP contribution in [-0.4, -0.2) is 43.1 Å². The van der Waals surface area contributed by atoms with E-state index in [0.717, 1.165) is 34.7 Å². The highest BCUT2D eigenvalue weighted by molar-refractivity contribution is 7.80. The monoisotopic (exact) mass is 539 g/mol. The number of aromatic nitrogens is 2. The molecule has 3 heterocycles. The van der Waals surface area contributed by atoms with E-state index in [0.29, 0.717) is 11.7 Å². The van der Waals surface area contributed by atoms with Crippen molar-refractivity contribution in [3.05, 3.63) is 114 Å². The van der Waals surface area contributed by atoms with Crippen molar-refractivity contribution >= 4 is 34.9 Å². The van der Waals surface area contributed by atoms with Crippen molar-refractivity contribution in [1.29, 1.82) is 0 Å². The third-order valence-corrected chi connectivity index (χ3v) is 7.26. The van der Waals surface area contributed by atoms with Gasteiger partial charge in [0.05, 0.1) is 23.3 Å². The fraction of sp³-hybridized carbons (Fsp3) is 0.200. The smallest absolute Gasteiger partial charge is 0.335 e. The Morgan fingerprint density at radius 1 is 1.05 bits per heavy atom. The molecule has 39 heavy (non-hydrogen) atoms. The molecule has 1 aliphatic heterocycles.